The first-order valence-electron chi connectivity index (χ1n) is 10.5. The van der Waals surface area contributed by atoms with Crippen LogP contribution in [0.4, 0.5) is 0 Å². The third-order valence-corrected chi connectivity index (χ3v) is 7.65. The number of aromatic amines is 1. The predicted octanol–water partition coefficient (Wildman–Crippen LogP) is 3.92. The van der Waals surface area contributed by atoms with Gasteiger partial charge in [0.05, 0.1) is 35.9 Å². The number of H-pyrrole nitrogens is 1. The fourth-order valence-electron chi connectivity index (χ4n) is 3.79. The number of benzene rings is 2. The Morgan fingerprint density at radius 2 is 1.82 bits per heavy atom. The fourth-order valence-corrected chi connectivity index (χ4v) is 5.35. The number of esters is 1. The number of methoxy groups -OCH3 is 1. The third-order valence-electron chi connectivity index (χ3n) is 5.80. The van der Waals surface area contributed by atoms with Crippen molar-refractivity contribution < 1.29 is 22.4 Å². The minimum Gasteiger partial charge on any atom is -0.468 e. The van der Waals surface area contributed by atoms with E-state index in [1.165, 1.54) is 31.6 Å². The number of rotatable bonds is 7. The summed E-state index contributed by atoms with van der Waals surface area (Å²) in [6.07, 6.45) is 1.44. The van der Waals surface area contributed by atoms with E-state index < -0.39 is 16.0 Å². The van der Waals surface area contributed by atoms with E-state index in [1.54, 1.807) is 24.3 Å². The Morgan fingerprint density at radius 1 is 1.06 bits per heavy atom. The van der Waals surface area contributed by atoms with E-state index in [1.807, 2.05) is 26.0 Å². The van der Waals surface area contributed by atoms with E-state index >= 15 is 0 Å². The number of pyridine rings is 1. The lowest BCUT2D eigenvalue weighted by Crippen LogP contribution is -2.33. The number of hydrogen-bond acceptors (Lipinski definition) is 6. The molecule has 0 aliphatic heterocycles. The highest BCUT2D eigenvalue weighted by Gasteiger charge is 2.31. The van der Waals surface area contributed by atoms with Gasteiger partial charge in [-0.3, -0.25) is 4.79 Å². The Labute approximate surface area is 196 Å². The SMILES string of the molecule is COC(=O)c1ccccc1S(=O)(=O)N(Cc1ccco1)Cc1cc2ccc(C)c(C)c2[nH]c1=O. The Kier molecular flexibility index (Phi) is 6.41. The molecule has 4 aromatic rings. The van der Waals surface area contributed by atoms with Crippen LogP contribution in [0.25, 0.3) is 10.9 Å². The fraction of sp³-hybridized carbons (Fsp3) is 0.200. The van der Waals surface area contributed by atoms with Gasteiger partial charge in [0.1, 0.15) is 5.76 Å². The maximum atomic E-state index is 13.7. The zero-order chi connectivity index (χ0) is 24.5. The Bertz CT molecular complexity index is 1520. The highest BCUT2D eigenvalue weighted by molar-refractivity contribution is 7.89. The van der Waals surface area contributed by atoms with Crippen LogP contribution in [-0.4, -0.2) is 30.8 Å². The van der Waals surface area contributed by atoms with E-state index in [-0.39, 0.29) is 34.7 Å². The number of aromatic nitrogens is 1. The van der Waals surface area contributed by atoms with Gasteiger partial charge >= 0.3 is 5.97 Å². The van der Waals surface area contributed by atoms with Crippen LogP contribution in [0.3, 0.4) is 0 Å². The van der Waals surface area contributed by atoms with Gasteiger partial charge in [0.2, 0.25) is 10.0 Å². The molecule has 0 unspecified atom stereocenters. The summed E-state index contributed by atoms with van der Waals surface area (Å²) in [6.45, 7) is 3.52. The summed E-state index contributed by atoms with van der Waals surface area (Å²) in [5.74, 6) is -0.380. The molecule has 2 aromatic carbocycles. The summed E-state index contributed by atoms with van der Waals surface area (Å²) >= 11 is 0. The van der Waals surface area contributed by atoms with Crippen LogP contribution in [0.2, 0.25) is 0 Å². The van der Waals surface area contributed by atoms with Gasteiger partial charge in [-0.25, -0.2) is 13.2 Å². The maximum Gasteiger partial charge on any atom is 0.339 e. The molecule has 0 fully saturated rings. The lowest BCUT2D eigenvalue weighted by Gasteiger charge is -2.22. The molecular formula is C25H24N2O6S. The highest BCUT2D eigenvalue weighted by Crippen LogP contribution is 2.25. The van der Waals surface area contributed by atoms with Crippen molar-refractivity contribution in [2.45, 2.75) is 31.8 Å². The standard InChI is InChI=1S/C25H24N2O6S/c1-16-10-11-18-13-19(24(28)26-23(18)17(16)2)14-27(15-20-7-6-12-33-20)34(30,31)22-9-5-4-8-21(22)25(29)32-3/h4-13H,14-15H2,1-3H3,(H,26,28). The maximum absolute atomic E-state index is 13.7. The molecule has 9 heteroatoms. The molecule has 0 atom stereocenters. The zero-order valence-corrected chi connectivity index (χ0v) is 19.8. The lowest BCUT2D eigenvalue weighted by molar-refractivity contribution is 0.0596. The minimum absolute atomic E-state index is 0.0898. The molecule has 1 N–H and O–H groups in total. The Morgan fingerprint density at radius 3 is 2.53 bits per heavy atom. The smallest absolute Gasteiger partial charge is 0.339 e. The molecule has 0 aliphatic carbocycles. The van der Waals surface area contributed by atoms with Gasteiger partial charge in [-0.1, -0.05) is 24.3 Å². The number of carbonyl (C=O) groups excluding carboxylic acids is 1. The molecule has 0 bridgehead atoms. The second-order valence-electron chi connectivity index (χ2n) is 7.94. The van der Waals surface area contributed by atoms with E-state index in [0.717, 1.165) is 20.8 Å². The van der Waals surface area contributed by atoms with Gasteiger partial charge in [0, 0.05) is 12.1 Å². The average molecular weight is 481 g/mol. The first-order chi connectivity index (χ1) is 16.2. The monoisotopic (exact) mass is 480 g/mol. The van der Waals surface area contributed by atoms with Gasteiger partial charge < -0.3 is 14.1 Å². The van der Waals surface area contributed by atoms with Gasteiger partial charge in [-0.05, 0) is 60.7 Å². The Hall–Kier alpha value is -3.69. The van der Waals surface area contributed by atoms with Crippen molar-refractivity contribution in [3.63, 3.8) is 0 Å². The quantitative estimate of drug-likeness (QED) is 0.402. The van der Waals surface area contributed by atoms with Gasteiger partial charge in [-0.2, -0.15) is 4.31 Å². The molecule has 0 saturated heterocycles. The van der Waals surface area contributed by atoms with E-state index in [0.29, 0.717) is 11.3 Å². The van der Waals surface area contributed by atoms with Crippen molar-refractivity contribution in [2.75, 3.05) is 7.11 Å². The molecule has 0 saturated carbocycles. The van der Waals surface area contributed by atoms with Gasteiger partial charge in [0.25, 0.3) is 5.56 Å². The molecule has 0 amide bonds. The van der Waals surface area contributed by atoms with Crippen LogP contribution in [0.1, 0.15) is 32.8 Å². The number of ether oxygens (including phenoxy) is 1. The number of hydrogen-bond donors (Lipinski definition) is 1. The van der Waals surface area contributed by atoms with E-state index in [2.05, 4.69) is 4.98 Å². The van der Waals surface area contributed by atoms with Crippen molar-refractivity contribution in [2.24, 2.45) is 0 Å². The van der Waals surface area contributed by atoms with E-state index in [9.17, 15) is 18.0 Å². The number of nitrogens with one attached hydrogen (secondary N) is 1. The molecular weight excluding hydrogens is 456 g/mol. The van der Waals surface area contributed by atoms with Gasteiger partial charge in [0.15, 0.2) is 0 Å². The average Bonchev–Trinajstić information content (AvgIpc) is 3.35. The van der Waals surface area contributed by atoms with Gasteiger partial charge in [-0.15, -0.1) is 0 Å². The first-order valence-corrected chi connectivity index (χ1v) is 12.0. The largest absolute Gasteiger partial charge is 0.468 e. The van der Waals surface area contributed by atoms with Crippen molar-refractivity contribution in [1.29, 1.82) is 0 Å². The van der Waals surface area contributed by atoms with Crippen molar-refractivity contribution in [3.8, 4) is 0 Å². The van der Waals surface area contributed by atoms with Crippen LogP contribution in [0, 0.1) is 13.8 Å². The summed E-state index contributed by atoms with van der Waals surface area (Å²) in [4.78, 5) is 27.9. The molecule has 176 valence electrons. The summed E-state index contributed by atoms with van der Waals surface area (Å²) in [5, 5.41) is 0.794. The molecule has 4 rings (SSSR count). The molecule has 34 heavy (non-hydrogen) atoms. The number of fused-ring (bicyclic) bond motifs is 1. The van der Waals surface area contributed by atoms with Crippen molar-refractivity contribution in [3.05, 3.63) is 99.2 Å². The number of carbonyl (C=O) groups is 1. The summed E-state index contributed by atoms with van der Waals surface area (Å²) in [5.41, 5.74) is 2.49. The highest BCUT2D eigenvalue weighted by atomic mass is 32.2. The zero-order valence-electron chi connectivity index (χ0n) is 19.0. The molecule has 2 aromatic heterocycles. The molecule has 2 heterocycles. The van der Waals surface area contributed by atoms with Crippen LogP contribution in [0.15, 0.2) is 75.0 Å². The summed E-state index contributed by atoms with van der Waals surface area (Å²) in [7, 11) is -3.04. The lowest BCUT2D eigenvalue weighted by atomic mass is 10.0. The van der Waals surface area contributed by atoms with Crippen LogP contribution < -0.4 is 5.56 Å². The first kappa shape index (κ1) is 23.5. The van der Waals surface area contributed by atoms with Crippen molar-refractivity contribution in [1.82, 2.24) is 9.29 Å². The molecule has 0 aliphatic rings. The topological polar surface area (TPSA) is 110 Å². The second kappa shape index (κ2) is 9.28. The summed E-state index contributed by atoms with van der Waals surface area (Å²) < 4.78 is 38.7. The molecule has 8 nitrogen and oxygen atoms in total. The molecule has 0 radical (unpaired) electrons. The summed E-state index contributed by atoms with van der Waals surface area (Å²) in [6, 6.07) is 14.6. The third kappa shape index (κ3) is 4.40. The van der Waals surface area contributed by atoms with Crippen LogP contribution in [-0.2, 0) is 27.8 Å². The second-order valence-corrected chi connectivity index (χ2v) is 9.84. The predicted molar refractivity (Wildman–Crippen MR) is 127 cm³/mol. The van der Waals surface area contributed by atoms with Crippen LogP contribution >= 0.6 is 0 Å². The van der Waals surface area contributed by atoms with Crippen molar-refractivity contribution >= 4 is 26.9 Å². The number of sulfonamides is 1. The van der Waals surface area contributed by atoms with E-state index in [4.69, 9.17) is 9.15 Å². The number of nitrogens with zero attached hydrogens (tertiary/aromatic N) is 1. The number of furan rings is 1. The minimum atomic E-state index is -4.23. The Balaban J connectivity index is 1.82. The number of aryl methyl sites for hydroxylation is 2. The van der Waals surface area contributed by atoms with Crippen LogP contribution in [0.5, 0.6) is 0 Å². The molecule has 0 spiro atoms. The normalized spacial score (nSPS) is 11.8.